The van der Waals surface area contributed by atoms with Crippen LogP contribution in [0, 0.1) is 0 Å². The number of hydrogen-bond donors (Lipinski definition) is 3. The molecule has 4 rings (SSSR count). The van der Waals surface area contributed by atoms with Crippen LogP contribution in [0.5, 0.6) is 0 Å². The molecule has 136 valence electrons. The molecule has 0 aliphatic heterocycles. The Kier molecular flexibility index (Phi) is 5.05. The van der Waals surface area contributed by atoms with E-state index in [4.69, 9.17) is 5.73 Å². The number of pyridine rings is 1. The van der Waals surface area contributed by atoms with E-state index in [0.29, 0.717) is 0 Å². The van der Waals surface area contributed by atoms with E-state index in [1.54, 1.807) is 11.3 Å². The Morgan fingerprint density at radius 2 is 1.93 bits per heavy atom. The van der Waals surface area contributed by atoms with Crippen LogP contribution < -0.4 is 16.4 Å². The van der Waals surface area contributed by atoms with Gasteiger partial charge in [-0.3, -0.25) is 4.98 Å². The molecule has 0 aliphatic carbocycles. The monoisotopic (exact) mass is 374 g/mol. The van der Waals surface area contributed by atoms with E-state index in [1.165, 1.54) is 16.0 Å². The molecule has 0 bridgehead atoms. The van der Waals surface area contributed by atoms with Crippen LogP contribution in [0.3, 0.4) is 0 Å². The number of nitrogens with one attached hydrogen (secondary N) is 2. The van der Waals surface area contributed by atoms with Crippen LogP contribution in [0.1, 0.15) is 12.5 Å². The number of nitrogens with two attached hydrogens (primary N) is 1. The average molecular weight is 375 g/mol. The summed E-state index contributed by atoms with van der Waals surface area (Å²) in [6.07, 6.45) is 1.84. The van der Waals surface area contributed by atoms with E-state index in [-0.39, 0.29) is 0 Å². The van der Waals surface area contributed by atoms with Gasteiger partial charge in [0.15, 0.2) is 0 Å². The molecule has 4 nitrogen and oxygen atoms in total. The number of benzene rings is 2. The van der Waals surface area contributed by atoms with Crippen molar-refractivity contribution in [2.75, 3.05) is 17.6 Å². The first-order valence-corrected chi connectivity index (χ1v) is 9.86. The highest BCUT2D eigenvalue weighted by molar-refractivity contribution is 7.22. The number of fused-ring (bicyclic) bond motifs is 1. The Morgan fingerprint density at radius 3 is 2.78 bits per heavy atom. The lowest BCUT2D eigenvalue weighted by Crippen LogP contribution is -2.11. The summed E-state index contributed by atoms with van der Waals surface area (Å²) in [5.41, 5.74) is 12.2. The Morgan fingerprint density at radius 1 is 1.04 bits per heavy atom. The van der Waals surface area contributed by atoms with Gasteiger partial charge in [0, 0.05) is 29.0 Å². The van der Waals surface area contributed by atoms with Crippen molar-refractivity contribution in [3.8, 4) is 10.4 Å². The van der Waals surface area contributed by atoms with Crippen molar-refractivity contribution in [1.82, 2.24) is 10.3 Å². The highest BCUT2D eigenvalue weighted by Gasteiger charge is 2.10. The molecule has 0 spiro atoms. The van der Waals surface area contributed by atoms with E-state index in [2.05, 4.69) is 52.9 Å². The minimum absolute atomic E-state index is 0.745. The number of anilines is 3. The summed E-state index contributed by atoms with van der Waals surface area (Å²) in [5.74, 6) is 0. The van der Waals surface area contributed by atoms with Gasteiger partial charge in [-0.2, -0.15) is 0 Å². The van der Waals surface area contributed by atoms with Crippen molar-refractivity contribution in [3.05, 3.63) is 72.4 Å². The highest BCUT2D eigenvalue weighted by Crippen LogP contribution is 2.37. The van der Waals surface area contributed by atoms with E-state index in [9.17, 15) is 0 Å². The molecule has 5 heteroatoms. The van der Waals surface area contributed by atoms with Gasteiger partial charge in [-0.25, -0.2) is 0 Å². The first-order chi connectivity index (χ1) is 13.2. The minimum Gasteiger partial charge on any atom is -0.399 e. The molecule has 0 atom stereocenters. The zero-order valence-corrected chi connectivity index (χ0v) is 16.0. The molecule has 0 radical (unpaired) electrons. The van der Waals surface area contributed by atoms with Crippen LogP contribution in [0.15, 0.2) is 66.9 Å². The third-order valence-corrected chi connectivity index (χ3v) is 5.57. The summed E-state index contributed by atoms with van der Waals surface area (Å²) >= 11 is 1.76. The molecular weight excluding hydrogens is 352 g/mol. The number of nitrogen functional groups attached to an aromatic ring is 1. The Balaban J connectivity index is 1.68. The van der Waals surface area contributed by atoms with Crippen LogP contribution in [-0.2, 0) is 6.54 Å². The molecule has 0 saturated heterocycles. The molecule has 27 heavy (non-hydrogen) atoms. The van der Waals surface area contributed by atoms with Crippen molar-refractivity contribution in [3.63, 3.8) is 0 Å². The second kappa shape index (κ2) is 7.78. The van der Waals surface area contributed by atoms with Gasteiger partial charge in [-0.1, -0.05) is 31.2 Å². The Labute approximate surface area is 163 Å². The van der Waals surface area contributed by atoms with Gasteiger partial charge >= 0.3 is 0 Å². The summed E-state index contributed by atoms with van der Waals surface area (Å²) in [6.45, 7) is 3.97. The van der Waals surface area contributed by atoms with E-state index < -0.39 is 0 Å². The molecular formula is C22H22N4S. The van der Waals surface area contributed by atoms with Gasteiger partial charge in [-0.15, -0.1) is 11.3 Å². The van der Waals surface area contributed by atoms with E-state index in [1.807, 2.05) is 36.5 Å². The summed E-state index contributed by atoms with van der Waals surface area (Å²) in [6, 6.07) is 20.6. The maximum absolute atomic E-state index is 5.90. The van der Waals surface area contributed by atoms with Crippen LogP contribution in [0.25, 0.3) is 20.7 Å². The predicted molar refractivity (Wildman–Crippen MR) is 117 cm³/mol. The molecule has 2 aromatic heterocycles. The number of nitrogens with zero attached hydrogens (tertiary/aromatic N) is 1. The number of thiophene rings is 1. The van der Waals surface area contributed by atoms with Crippen molar-refractivity contribution in [1.29, 1.82) is 0 Å². The van der Waals surface area contributed by atoms with Gasteiger partial charge < -0.3 is 16.4 Å². The predicted octanol–water partition coefficient (Wildman–Crippen LogP) is 5.40. The summed E-state index contributed by atoms with van der Waals surface area (Å²) in [7, 11) is 0. The average Bonchev–Trinajstić information content (AvgIpc) is 3.12. The second-order valence-corrected chi connectivity index (χ2v) is 7.47. The molecule has 2 aromatic carbocycles. The standard InChI is InChI=1S/C22H22N4S/c1-2-24-14-15-5-3-6-16(11-15)21-13-20-22(27-21)19(9-10-25-20)26-18-8-4-7-17(23)12-18/h3-13,24H,2,14,23H2,1H3,(H,25,26). The smallest absolute Gasteiger partial charge is 0.0837 e. The SMILES string of the molecule is CCNCc1cccc(-c2cc3nccc(Nc4cccc(N)c4)c3s2)c1. The third kappa shape index (κ3) is 3.94. The first kappa shape index (κ1) is 17.5. The maximum Gasteiger partial charge on any atom is 0.0837 e. The summed E-state index contributed by atoms with van der Waals surface area (Å²) < 4.78 is 1.15. The van der Waals surface area contributed by atoms with Gasteiger partial charge in [0.2, 0.25) is 0 Å². The van der Waals surface area contributed by atoms with Crippen LogP contribution in [-0.4, -0.2) is 11.5 Å². The van der Waals surface area contributed by atoms with Gasteiger partial charge in [0.25, 0.3) is 0 Å². The van der Waals surface area contributed by atoms with Gasteiger partial charge in [0.05, 0.1) is 15.9 Å². The quantitative estimate of drug-likeness (QED) is 0.396. The fourth-order valence-electron chi connectivity index (χ4n) is 3.05. The fourth-order valence-corrected chi connectivity index (χ4v) is 4.14. The highest BCUT2D eigenvalue weighted by atomic mass is 32.1. The molecule has 0 unspecified atom stereocenters. The molecule has 0 fully saturated rings. The molecule has 4 aromatic rings. The van der Waals surface area contributed by atoms with E-state index >= 15 is 0 Å². The lowest BCUT2D eigenvalue weighted by atomic mass is 10.1. The largest absolute Gasteiger partial charge is 0.399 e. The third-order valence-electron chi connectivity index (χ3n) is 4.37. The zero-order chi connectivity index (χ0) is 18.6. The lowest BCUT2D eigenvalue weighted by Gasteiger charge is -2.07. The lowest BCUT2D eigenvalue weighted by molar-refractivity contribution is 0.727. The van der Waals surface area contributed by atoms with Crippen molar-refractivity contribution in [2.24, 2.45) is 0 Å². The summed E-state index contributed by atoms with van der Waals surface area (Å²) in [5, 5.41) is 6.85. The zero-order valence-electron chi connectivity index (χ0n) is 15.2. The fraction of sp³-hybridized carbons (Fsp3) is 0.136. The Bertz CT molecular complexity index is 1070. The molecule has 0 aliphatic rings. The number of hydrogen-bond acceptors (Lipinski definition) is 5. The minimum atomic E-state index is 0.745. The summed E-state index contributed by atoms with van der Waals surface area (Å²) in [4.78, 5) is 5.77. The second-order valence-electron chi connectivity index (χ2n) is 6.41. The van der Waals surface area contributed by atoms with Crippen LogP contribution >= 0.6 is 11.3 Å². The van der Waals surface area contributed by atoms with Crippen molar-refractivity contribution >= 4 is 38.6 Å². The molecule has 0 amide bonds. The van der Waals surface area contributed by atoms with Gasteiger partial charge in [0.1, 0.15) is 0 Å². The molecule has 4 N–H and O–H groups in total. The maximum atomic E-state index is 5.90. The van der Waals surface area contributed by atoms with Gasteiger partial charge in [-0.05, 0) is 54.1 Å². The van der Waals surface area contributed by atoms with E-state index in [0.717, 1.165) is 40.4 Å². The Hall–Kier alpha value is -2.89. The first-order valence-electron chi connectivity index (χ1n) is 9.04. The topological polar surface area (TPSA) is 63.0 Å². The number of rotatable bonds is 6. The van der Waals surface area contributed by atoms with Crippen LogP contribution in [0.4, 0.5) is 17.1 Å². The molecule has 0 saturated carbocycles. The normalized spacial score (nSPS) is 11.0. The van der Waals surface area contributed by atoms with Crippen molar-refractivity contribution in [2.45, 2.75) is 13.5 Å². The van der Waals surface area contributed by atoms with Crippen molar-refractivity contribution < 1.29 is 0 Å². The van der Waals surface area contributed by atoms with Crippen LogP contribution in [0.2, 0.25) is 0 Å². The number of aromatic nitrogens is 1. The molecule has 2 heterocycles.